The third kappa shape index (κ3) is 4.24. The van der Waals surface area contributed by atoms with Crippen molar-refractivity contribution in [2.24, 2.45) is 0 Å². The Morgan fingerprint density at radius 3 is 2.73 bits per heavy atom. The Morgan fingerprint density at radius 1 is 1.31 bits per heavy atom. The predicted molar refractivity (Wildman–Crippen MR) is 95.7 cm³/mol. The summed E-state index contributed by atoms with van der Waals surface area (Å²) >= 11 is 0. The Bertz CT molecular complexity index is 706. The summed E-state index contributed by atoms with van der Waals surface area (Å²) in [5.41, 5.74) is 1.44. The van der Waals surface area contributed by atoms with Crippen LogP contribution in [-0.4, -0.2) is 35.5 Å². The molecule has 1 aliphatic carbocycles. The van der Waals surface area contributed by atoms with Gasteiger partial charge in [0.15, 0.2) is 11.6 Å². The van der Waals surface area contributed by atoms with Crippen LogP contribution >= 0.6 is 0 Å². The molecule has 2 fully saturated rings. The average Bonchev–Trinajstić information content (AvgIpc) is 2.98. The zero-order valence-electron chi connectivity index (χ0n) is 16.0. The van der Waals surface area contributed by atoms with E-state index in [9.17, 15) is 9.59 Å². The number of carbonyl (C=O) groups excluding carboxylic acids is 2. The average molecular weight is 361 g/mol. The van der Waals surface area contributed by atoms with Crippen LogP contribution in [0, 0.1) is 0 Å². The molecule has 0 radical (unpaired) electrons. The van der Waals surface area contributed by atoms with Crippen LogP contribution < -0.4 is 5.32 Å². The molecule has 0 unspecified atom stereocenters. The van der Waals surface area contributed by atoms with Crippen molar-refractivity contribution in [1.82, 2.24) is 5.32 Å². The highest BCUT2D eigenvalue weighted by Gasteiger charge is 2.53. The topological polar surface area (TPSA) is 73.9 Å². The van der Waals surface area contributed by atoms with E-state index in [4.69, 9.17) is 14.2 Å². The Labute approximate surface area is 154 Å². The van der Waals surface area contributed by atoms with E-state index in [2.05, 4.69) is 5.32 Å². The quantitative estimate of drug-likeness (QED) is 0.894. The van der Waals surface area contributed by atoms with Gasteiger partial charge < -0.3 is 19.5 Å². The summed E-state index contributed by atoms with van der Waals surface area (Å²) < 4.78 is 17.0. The van der Waals surface area contributed by atoms with Crippen LogP contribution in [0.1, 0.15) is 58.1 Å². The lowest BCUT2D eigenvalue weighted by atomic mass is 9.94. The molecule has 2 aliphatic rings. The van der Waals surface area contributed by atoms with Gasteiger partial charge in [-0.3, -0.25) is 4.79 Å². The third-order valence-electron chi connectivity index (χ3n) is 4.48. The van der Waals surface area contributed by atoms with Gasteiger partial charge in [0.05, 0.1) is 0 Å². The molecule has 3 atom stereocenters. The number of carbonyl (C=O) groups is 2. The maximum atomic E-state index is 12.3. The molecule has 1 N–H and O–H groups in total. The molecule has 1 saturated carbocycles. The first-order chi connectivity index (χ1) is 12.0. The molecule has 0 aromatic heterocycles. The molecule has 1 amide bonds. The molecule has 6 heteroatoms. The van der Waals surface area contributed by atoms with Crippen molar-refractivity contribution < 1.29 is 23.8 Å². The largest absolute Gasteiger partial charge is 0.444 e. The number of hydrogen-bond acceptors (Lipinski definition) is 5. The number of fused-ring (bicyclic) bond motifs is 1. The molecular formula is C20H27NO5. The fourth-order valence-corrected chi connectivity index (χ4v) is 3.51. The summed E-state index contributed by atoms with van der Waals surface area (Å²) in [6, 6.07) is 7.86. The van der Waals surface area contributed by atoms with E-state index in [-0.39, 0.29) is 17.8 Å². The predicted octanol–water partition coefficient (Wildman–Crippen LogP) is 3.29. The summed E-state index contributed by atoms with van der Waals surface area (Å²) in [5.74, 6) is -0.682. The summed E-state index contributed by atoms with van der Waals surface area (Å²) in [4.78, 5) is 24.1. The second-order valence-electron chi connectivity index (χ2n) is 8.40. The number of alkyl carbamates (subject to hydrolysis) is 1. The monoisotopic (exact) mass is 361 g/mol. The Kier molecular flexibility index (Phi) is 4.84. The summed E-state index contributed by atoms with van der Waals surface area (Å²) in [6.45, 7) is 9.50. The number of nitrogens with one attached hydrogen (secondary N) is 1. The van der Waals surface area contributed by atoms with E-state index in [1.165, 1.54) is 0 Å². The zero-order chi connectivity index (χ0) is 19.1. The molecule has 1 saturated heterocycles. The van der Waals surface area contributed by atoms with Crippen LogP contribution in [0.15, 0.2) is 24.3 Å². The van der Waals surface area contributed by atoms with Crippen LogP contribution in [-0.2, 0) is 25.5 Å². The molecule has 1 aliphatic heterocycles. The first kappa shape index (κ1) is 18.9. The van der Waals surface area contributed by atoms with Gasteiger partial charge >= 0.3 is 6.09 Å². The third-order valence-corrected chi connectivity index (χ3v) is 4.48. The van der Waals surface area contributed by atoms with Gasteiger partial charge in [0.2, 0.25) is 0 Å². The Morgan fingerprint density at radius 2 is 2.04 bits per heavy atom. The van der Waals surface area contributed by atoms with E-state index in [0.29, 0.717) is 13.0 Å². The maximum Gasteiger partial charge on any atom is 0.407 e. The van der Waals surface area contributed by atoms with Crippen molar-refractivity contribution >= 4 is 11.9 Å². The normalized spacial score (nSPS) is 27.3. The van der Waals surface area contributed by atoms with Crippen LogP contribution in [0.2, 0.25) is 0 Å². The minimum Gasteiger partial charge on any atom is -0.444 e. The van der Waals surface area contributed by atoms with E-state index in [1.807, 2.05) is 58.9 Å². The van der Waals surface area contributed by atoms with Gasteiger partial charge in [-0.2, -0.15) is 0 Å². The van der Waals surface area contributed by atoms with Gasteiger partial charge in [-0.05, 0) is 45.7 Å². The second-order valence-corrected chi connectivity index (χ2v) is 8.40. The molecule has 26 heavy (non-hydrogen) atoms. The van der Waals surface area contributed by atoms with Gasteiger partial charge in [-0.15, -0.1) is 0 Å². The molecule has 1 heterocycles. The second kappa shape index (κ2) is 6.67. The minimum absolute atomic E-state index is 0.0317. The molecule has 142 valence electrons. The first-order valence-electron chi connectivity index (χ1n) is 8.98. The van der Waals surface area contributed by atoms with E-state index < -0.39 is 23.6 Å². The van der Waals surface area contributed by atoms with Crippen molar-refractivity contribution in [3.63, 3.8) is 0 Å². The van der Waals surface area contributed by atoms with Crippen molar-refractivity contribution in [2.75, 3.05) is 0 Å². The molecule has 1 aromatic carbocycles. The molecule has 3 rings (SSSR count). The highest BCUT2D eigenvalue weighted by Crippen LogP contribution is 2.44. The van der Waals surface area contributed by atoms with Crippen molar-refractivity contribution in [3.05, 3.63) is 35.4 Å². The summed E-state index contributed by atoms with van der Waals surface area (Å²) in [5, 5.41) is 2.76. The van der Waals surface area contributed by atoms with E-state index in [0.717, 1.165) is 11.1 Å². The Hall–Kier alpha value is -1.92. The molecule has 6 nitrogen and oxygen atoms in total. The molecule has 0 bridgehead atoms. The lowest BCUT2D eigenvalue weighted by Crippen LogP contribution is -2.32. The molecule has 1 aromatic rings. The standard InChI is InChI=1S/C20H27NO5/c1-19(2,3)26-18(23)21-11-12-7-6-8-13(9-12)14-10-15(22)17-16(14)24-20(4,5)25-17/h6-9,14,16-17H,10-11H2,1-5H3,(H,21,23)/t14-,16-,17+/m1/s1. The molecule has 0 spiro atoms. The van der Waals surface area contributed by atoms with E-state index >= 15 is 0 Å². The summed E-state index contributed by atoms with van der Waals surface area (Å²) in [7, 11) is 0. The fraction of sp³-hybridized carbons (Fsp3) is 0.600. The number of rotatable bonds is 3. The highest BCUT2D eigenvalue weighted by molar-refractivity contribution is 5.88. The van der Waals surface area contributed by atoms with Gasteiger partial charge in [0, 0.05) is 18.9 Å². The smallest absolute Gasteiger partial charge is 0.407 e. The summed E-state index contributed by atoms with van der Waals surface area (Å²) in [6.07, 6.45) is -0.785. The van der Waals surface area contributed by atoms with Crippen LogP contribution in [0.3, 0.4) is 0 Å². The van der Waals surface area contributed by atoms with Gasteiger partial charge in [-0.25, -0.2) is 4.79 Å². The lowest BCUT2D eigenvalue weighted by Gasteiger charge is -2.22. The highest BCUT2D eigenvalue weighted by atomic mass is 16.8. The SMILES string of the molecule is CC(C)(C)OC(=O)NCc1cccc([C@H]2CC(=O)[C@@H]3OC(C)(C)O[C@H]23)c1. The van der Waals surface area contributed by atoms with Crippen molar-refractivity contribution in [2.45, 2.75) is 77.1 Å². The van der Waals surface area contributed by atoms with E-state index in [1.54, 1.807) is 0 Å². The number of benzene rings is 1. The lowest BCUT2D eigenvalue weighted by molar-refractivity contribution is -0.160. The zero-order valence-corrected chi connectivity index (χ0v) is 16.0. The number of Topliss-reactive ketones (excluding diaryl/α,β-unsaturated/α-hetero) is 1. The van der Waals surface area contributed by atoms with Crippen molar-refractivity contribution in [1.29, 1.82) is 0 Å². The van der Waals surface area contributed by atoms with Gasteiger partial charge in [-0.1, -0.05) is 24.3 Å². The van der Waals surface area contributed by atoms with Crippen LogP contribution in [0.4, 0.5) is 4.79 Å². The number of amides is 1. The van der Waals surface area contributed by atoms with Crippen LogP contribution in [0.5, 0.6) is 0 Å². The Balaban J connectivity index is 1.68. The molecular weight excluding hydrogens is 334 g/mol. The van der Waals surface area contributed by atoms with Gasteiger partial charge in [0.1, 0.15) is 17.8 Å². The maximum absolute atomic E-state index is 12.3. The minimum atomic E-state index is -0.737. The first-order valence-corrected chi connectivity index (χ1v) is 8.98. The number of hydrogen-bond donors (Lipinski definition) is 1. The van der Waals surface area contributed by atoms with Gasteiger partial charge in [0.25, 0.3) is 0 Å². The number of ether oxygens (including phenoxy) is 3. The number of ketones is 1. The van der Waals surface area contributed by atoms with Crippen molar-refractivity contribution in [3.8, 4) is 0 Å². The fourth-order valence-electron chi connectivity index (χ4n) is 3.51. The van der Waals surface area contributed by atoms with Crippen LogP contribution in [0.25, 0.3) is 0 Å².